The smallest absolute Gasteiger partial charge is 0.271 e. The highest BCUT2D eigenvalue weighted by Crippen LogP contribution is 2.36. The number of anilines is 2. The van der Waals surface area contributed by atoms with E-state index in [1.54, 1.807) is 29.2 Å². The van der Waals surface area contributed by atoms with Crippen LogP contribution >= 0.6 is 23.1 Å². The molecular weight excluding hydrogens is 429 g/mol. The Kier molecular flexibility index (Phi) is 5.91. The van der Waals surface area contributed by atoms with E-state index in [0.717, 1.165) is 5.56 Å². The van der Waals surface area contributed by atoms with Gasteiger partial charge in [0, 0.05) is 25.2 Å². The number of rotatable bonds is 7. The number of nitrogens with zero attached hydrogens (tertiary/aromatic N) is 4. The molecule has 154 valence electrons. The van der Waals surface area contributed by atoms with Crippen LogP contribution in [0.5, 0.6) is 0 Å². The molecule has 1 fully saturated rings. The predicted molar refractivity (Wildman–Crippen MR) is 113 cm³/mol. The van der Waals surface area contributed by atoms with Crippen LogP contribution in [0.3, 0.4) is 0 Å². The second kappa shape index (κ2) is 8.76. The minimum Gasteiger partial charge on any atom is -0.356 e. The molecule has 0 radical (unpaired) electrons. The molecule has 2 heterocycles. The van der Waals surface area contributed by atoms with Crippen LogP contribution in [0.15, 0.2) is 52.9 Å². The van der Waals surface area contributed by atoms with E-state index in [0.29, 0.717) is 34.7 Å². The summed E-state index contributed by atoms with van der Waals surface area (Å²) in [7, 11) is 0. The normalized spacial score (nSPS) is 16.1. The zero-order valence-electron chi connectivity index (χ0n) is 15.5. The number of aromatic nitrogens is 2. The van der Waals surface area contributed by atoms with E-state index >= 15 is 0 Å². The van der Waals surface area contributed by atoms with Gasteiger partial charge in [0.2, 0.25) is 11.0 Å². The van der Waals surface area contributed by atoms with Gasteiger partial charge in [0.1, 0.15) is 5.82 Å². The van der Waals surface area contributed by atoms with Gasteiger partial charge in [-0.2, -0.15) is 0 Å². The molecular formula is C19H16FN5O3S2. The van der Waals surface area contributed by atoms with Gasteiger partial charge in [-0.05, 0) is 30.2 Å². The number of benzene rings is 2. The van der Waals surface area contributed by atoms with Gasteiger partial charge >= 0.3 is 0 Å². The number of carbonyl (C=O) groups is 1. The van der Waals surface area contributed by atoms with Crippen LogP contribution in [0.2, 0.25) is 0 Å². The van der Waals surface area contributed by atoms with Crippen molar-refractivity contribution in [2.75, 3.05) is 16.8 Å². The number of nitro benzene ring substituents is 1. The fourth-order valence-electron chi connectivity index (χ4n) is 3.02. The van der Waals surface area contributed by atoms with Gasteiger partial charge in [0.25, 0.3) is 5.69 Å². The molecule has 1 aliphatic heterocycles. The standard InChI is InChI=1S/C19H16FN5O3S2/c20-13-6-4-12(5-7-13)11-21-18-22-23-19(30-18)29-16-8-9-24(17(16)26)14-2-1-3-15(10-14)25(27)28/h1-7,10,16H,8-9,11H2,(H,21,22). The van der Waals surface area contributed by atoms with E-state index < -0.39 is 4.92 Å². The highest BCUT2D eigenvalue weighted by atomic mass is 32.2. The first-order valence-electron chi connectivity index (χ1n) is 9.04. The summed E-state index contributed by atoms with van der Waals surface area (Å²) in [4.78, 5) is 24.9. The quantitative estimate of drug-likeness (QED) is 0.432. The maximum Gasteiger partial charge on any atom is 0.271 e. The molecule has 1 unspecified atom stereocenters. The SMILES string of the molecule is O=C1C(Sc2nnc(NCc3ccc(F)cc3)s2)CCN1c1cccc([N+](=O)[O-])c1. The maximum atomic E-state index is 13.0. The van der Waals surface area contributed by atoms with Crippen molar-refractivity contribution in [2.45, 2.75) is 22.6 Å². The number of nitrogens with one attached hydrogen (secondary N) is 1. The van der Waals surface area contributed by atoms with Crippen LogP contribution in [-0.4, -0.2) is 32.8 Å². The topological polar surface area (TPSA) is 101 Å². The van der Waals surface area contributed by atoms with Crippen LogP contribution in [0.1, 0.15) is 12.0 Å². The number of nitro groups is 1. The summed E-state index contributed by atoms with van der Waals surface area (Å²) < 4.78 is 13.6. The molecule has 0 saturated carbocycles. The highest BCUT2D eigenvalue weighted by molar-refractivity contribution is 8.02. The minimum atomic E-state index is -0.474. The highest BCUT2D eigenvalue weighted by Gasteiger charge is 2.34. The molecule has 1 aliphatic rings. The molecule has 4 rings (SSSR count). The van der Waals surface area contributed by atoms with Crippen molar-refractivity contribution in [1.29, 1.82) is 0 Å². The Hall–Kier alpha value is -3.05. The number of non-ortho nitro benzene ring substituents is 1. The van der Waals surface area contributed by atoms with Crippen LogP contribution in [-0.2, 0) is 11.3 Å². The lowest BCUT2D eigenvalue weighted by atomic mass is 10.2. The van der Waals surface area contributed by atoms with Crippen LogP contribution < -0.4 is 10.2 Å². The molecule has 30 heavy (non-hydrogen) atoms. The van der Waals surface area contributed by atoms with Gasteiger partial charge in [-0.1, -0.05) is 41.3 Å². The van der Waals surface area contributed by atoms with Crippen molar-refractivity contribution in [2.24, 2.45) is 0 Å². The maximum absolute atomic E-state index is 13.0. The summed E-state index contributed by atoms with van der Waals surface area (Å²) in [6, 6.07) is 12.3. The third kappa shape index (κ3) is 4.57. The Labute approximate surface area is 179 Å². The zero-order valence-corrected chi connectivity index (χ0v) is 17.2. The molecule has 1 aromatic heterocycles. The molecule has 0 spiro atoms. The molecule has 0 bridgehead atoms. The second-order valence-corrected chi connectivity index (χ2v) is 8.94. The van der Waals surface area contributed by atoms with Crippen LogP contribution in [0, 0.1) is 15.9 Å². The van der Waals surface area contributed by atoms with E-state index in [-0.39, 0.29) is 22.7 Å². The monoisotopic (exact) mass is 445 g/mol. The Morgan fingerprint density at radius 1 is 1.27 bits per heavy atom. The van der Waals surface area contributed by atoms with E-state index in [9.17, 15) is 19.3 Å². The first-order chi connectivity index (χ1) is 14.5. The van der Waals surface area contributed by atoms with Crippen molar-refractivity contribution in [1.82, 2.24) is 10.2 Å². The number of thioether (sulfide) groups is 1. The summed E-state index contributed by atoms with van der Waals surface area (Å²) in [5, 5.41) is 22.6. The van der Waals surface area contributed by atoms with Crippen molar-refractivity contribution >= 4 is 45.5 Å². The van der Waals surface area contributed by atoms with Gasteiger partial charge in [-0.15, -0.1) is 10.2 Å². The molecule has 8 nitrogen and oxygen atoms in total. The van der Waals surface area contributed by atoms with Gasteiger partial charge in [0.05, 0.1) is 15.9 Å². The van der Waals surface area contributed by atoms with Gasteiger partial charge in [0.15, 0.2) is 4.34 Å². The fourth-order valence-corrected chi connectivity index (χ4v) is 5.06. The van der Waals surface area contributed by atoms with Crippen molar-refractivity contribution in [3.05, 3.63) is 70.0 Å². The summed E-state index contributed by atoms with van der Waals surface area (Å²) in [6.07, 6.45) is 0.615. The molecule has 1 atom stereocenters. The number of halogens is 1. The zero-order chi connectivity index (χ0) is 21.1. The van der Waals surface area contributed by atoms with Crippen LogP contribution in [0.4, 0.5) is 20.9 Å². The lowest BCUT2D eigenvalue weighted by Crippen LogP contribution is -2.27. The predicted octanol–water partition coefficient (Wildman–Crippen LogP) is 4.10. The van der Waals surface area contributed by atoms with Crippen molar-refractivity contribution in [3.63, 3.8) is 0 Å². The van der Waals surface area contributed by atoms with E-state index in [4.69, 9.17) is 0 Å². The largest absolute Gasteiger partial charge is 0.356 e. The molecule has 3 aromatic rings. The Morgan fingerprint density at radius 3 is 2.83 bits per heavy atom. The average molecular weight is 446 g/mol. The van der Waals surface area contributed by atoms with E-state index in [1.165, 1.54) is 47.4 Å². The van der Waals surface area contributed by atoms with E-state index in [2.05, 4.69) is 15.5 Å². The molecule has 1 saturated heterocycles. The Morgan fingerprint density at radius 2 is 2.07 bits per heavy atom. The fraction of sp³-hybridized carbons (Fsp3) is 0.211. The lowest BCUT2D eigenvalue weighted by molar-refractivity contribution is -0.384. The van der Waals surface area contributed by atoms with Crippen molar-refractivity contribution in [3.8, 4) is 0 Å². The first kappa shape index (κ1) is 20.2. The number of amides is 1. The van der Waals surface area contributed by atoms with Gasteiger partial charge in [-0.3, -0.25) is 14.9 Å². The van der Waals surface area contributed by atoms with Gasteiger partial charge in [-0.25, -0.2) is 4.39 Å². The average Bonchev–Trinajstić information content (AvgIpc) is 3.35. The summed E-state index contributed by atoms with van der Waals surface area (Å²) >= 11 is 2.69. The van der Waals surface area contributed by atoms with Crippen LogP contribution in [0.25, 0.3) is 0 Å². The summed E-state index contributed by atoms with van der Waals surface area (Å²) in [6.45, 7) is 0.981. The molecule has 0 aliphatic carbocycles. The van der Waals surface area contributed by atoms with E-state index in [1.807, 2.05) is 0 Å². The van der Waals surface area contributed by atoms with Crippen molar-refractivity contribution < 1.29 is 14.1 Å². The number of hydrogen-bond donors (Lipinski definition) is 1. The second-order valence-electron chi connectivity index (χ2n) is 6.52. The number of hydrogen-bond acceptors (Lipinski definition) is 8. The van der Waals surface area contributed by atoms with Gasteiger partial charge < -0.3 is 10.2 Å². The first-order valence-corrected chi connectivity index (χ1v) is 10.7. The Bertz CT molecular complexity index is 1080. The summed E-state index contributed by atoms with van der Waals surface area (Å²) in [5.41, 5.74) is 1.40. The molecule has 2 aromatic carbocycles. The minimum absolute atomic E-state index is 0.0441. The third-order valence-electron chi connectivity index (χ3n) is 4.52. The molecule has 1 amide bonds. The molecule has 11 heteroatoms. The lowest BCUT2D eigenvalue weighted by Gasteiger charge is -2.16. The molecule has 1 N–H and O–H groups in total. The third-order valence-corrected chi connectivity index (χ3v) is 6.73. The Balaban J connectivity index is 1.36. The summed E-state index contributed by atoms with van der Waals surface area (Å²) in [5.74, 6) is -0.384. The number of carbonyl (C=O) groups excluding carboxylic acids is 1.